The molecule has 0 spiro atoms. The lowest BCUT2D eigenvalue weighted by atomic mass is 10.1. The van der Waals surface area contributed by atoms with Gasteiger partial charge in [0, 0.05) is 17.2 Å². The topological polar surface area (TPSA) is 70.9 Å². The number of terminal acetylenes is 1. The fraction of sp³-hybridized carbons (Fsp3) is 0.412. The van der Waals surface area contributed by atoms with Crippen LogP contribution >= 0.6 is 0 Å². The van der Waals surface area contributed by atoms with Crippen molar-refractivity contribution in [2.24, 2.45) is 9.98 Å². The molecule has 1 unspecified atom stereocenters. The summed E-state index contributed by atoms with van der Waals surface area (Å²) in [6, 6.07) is 21.6. The van der Waals surface area contributed by atoms with E-state index >= 15 is 0 Å². The van der Waals surface area contributed by atoms with E-state index < -0.39 is 0 Å². The highest BCUT2D eigenvalue weighted by Gasteiger charge is 2.19. The molecule has 0 bridgehead atoms. The molecule has 0 radical (unpaired) electrons. The van der Waals surface area contributed by atoms with Crippen molar-refractivity contribution in [2.45, 2.75) is 79.4 Å². The lowest BCUT2D eigenvalue weighted by Crippen LogP contribution is -2.31. The molecule has 2 aliphatic heterocycles. The van der Waals surface area contributed by atoms with Crippen LogP contribution in [-0.2, 0) is 27.4 Å². The predicted molar refractivity (Wildman–Crippen MR) is 160 cm³/mol. The van der Waals surface area contributed by atoms with Gasteiger partial charge in [0.2, 0.25) is 6.29 Å². The highest BCUT2D eigenvalue weighted by atomic mass is 16.7. The van der Waals surface area contributed by atoms with Crippen molar-refractivity contribution in [3.8, 4) is 23.8 Å². The van der Waals surface area contributed by atoms with Gasteiger partial charge in [-0.2, -0.15) is 0 Å². The van der Waals surface area contributed by atoms with E-state index in [2.05, 4.69) is 15.9 Å². The van der Waals surface area contributed by atoms with Crippen LogP contribution in [0.2, 0.25) is 0 Å². The van der Waals surface area contributed by atoms with Crippen LogP contribution in [0.15, 0.2) is 76.7 Å². The van der Waals surface area contributed by atoms with Crippen molar-refractivity contribution in [2.75, 3.05) is 13.3 Å². The number of para-hydroxylation sites is 1. The van der Waals surface area contributed by atoms with E-state index in [1.54, 1.807) is 0 Å². The van der Waals surface area contributed by atoms with Crippen LogP contribution in [0.1, 0.15) is 58.2 Å². The zero-order valence-electron chi connectivity index (χ0n) is 25.0. The Morgan fingerprint density at radius 2 is 1.56 bits per heavy atom. The largest absolute Gasteiger partial charge is 0.491 e. The number of hydrogen-bond acceptors (Lipinski definition) is 7. The summed E-state index contributed by atoms with van der Waals surface area (Å²) in [6.07, 6.45) is 5.64. The third kappa shape index (κ3) is 11.4. The average molecular weight is 559 g/mol. The zero-order chi connectivity index (χ0) is 29.6. The molecule has 218 valence electrons. The first-order chi connectivity index (χ1) is 19.7. The molecule has 0 saturated carbocycles. The maximum atomic E-state index is 5.64. The van der Waals surface area contributed by atoms with Crippen molar-refractivity contribution in [1.29, 1.82) is 0 Å². The van der Waals surface area contributed by atoms with Crippen LogP contribution in [0.25, 0.3) is 0 Å². The molecule has 2 heterocycles. The van der Waals surface area contributed by atoms with Crippen molar-refractivity contribution < 1.29 is 23.7 Å². The van der Waals surface area contributed by atoms with Crippen LogP contribution < -0.4 is 20.2 Å². The van der Waals surface area contributed by atoms with Crippen molar-refractivity contribution >= 4 is 0 Å². The number of hydrogen-bond donors (Lipinski definition) is 0. The van der Waals surface area contributed by atoms with Crippen LogP contribution in [-0.4, -0.2) is 37.9 Å². The number of rotatable bonds is 8. The van der Waals surface area contributed by atoms with Crippen molar-refractivity contribution in [3.05, 3.63) is 94.1 Å². The second-order valence-corrected chi connectivity index (χ2v) is 10.3. The van der Waals surface area contributed by atoms with Gasteiger partial charge in [0.05, 0.1) is 42.2 Å². The van der Waals surface area contributed by atoms with Gasteiger partial charge in [0.25, 0.3) is 0 Å². The minimum atomic E-state index is -0.276. The Balaban J connectivity index is 0.000000170. The molecular formula is C34H42N2O5. The van der Waals surface area contributed by atoms with Gasteiger partial charge in [-0.3, -0.25) is 9.98 Å². The minimum absolute atomic E-state index is 0.203. The fourth-order valence-electron chi connectivity index (χ4n) is 3.71. The quantitative estimate of drug-likeness (QED) is 0.336. The first-order valence-corrected chi connectivity index (χ1v) is 14.0. The first kappa shape index (κ1) is 31.8. The van der Waals surface area contributed by atoms with Gasteiger partial charge in [-0.25, -0.2) is 0 Å². The third-order valence-corrected chi connectivity index (χ3v) is 5.73. The monoisotopic (exact) mass is 558 g/mol. The van der Waals surface area contributed by atoms with E-state index in [4.69, 9.17) is 30.1 Å². The summed E-state index contributed by atoms with van der Waals surface area (Å²) in [5.74, 6) is 4.35. The van der Waals surface area contributed by atoms with E-state index in [0.717, 1.165) is 38.9 Å². The molecule has 2 aliphatic rings. The Labute approximate surface area is 244 Å². The maximum Gasteiger partial charge on any atom is 0.223 e. The smallest absolute Gasteiger partial charge is 0.223 e. The Hall–Kier alpha value is -3.70. The fourth-order valence-corrected chi connectivity index (χ4v) is 3.71. The maximum absolute atomic E-state index is 5.64. The standard InChI is InChI=1S/C12H16O3.C12H14O.C10H12N2O/c1-9(2)13-8-12-14-7-10-5-3-4-6-11(10)15-12;1-4-11-5-7-12(8-6-11)9-13-10(2)3;1-7(2)13-8-3-4-9-10(5-8)12-6-11-9/h3-6,9,12H,7-8H2,1-2H3;1,5-8,10H,9H2,2-3H3;3-5,7H,6H2,1-2H3. The summed E-state index contributed by atoms with van der Waals surface area (Å²) in [6.45, 7) is 14.3. The minimum Gasteiger partial charge on any atom is -0.491 e. The summed E-state index contributed by atoms with van der Waals surface area (Å²) in [4.78, 5) is 8.42. The van der Waals surface area contributed by atoms with E-state index in [1.807, 2.05) is 108 Å². The molecule has 3 aromatic rings. The number of benzene rings is 3. The van der Waals surface area contributed by atoms with Gasteiger partial charge in [-0.15, -0.1) is 6.42 Å². The van der Waals surface area contributed by atoms with Gasteiger partial charge in [-0.1, -0.05) is 36.3 Å². The predicted octanol–water partition coefficient (Wildman–Crippen LogP) is 5.62. The molecule has 41 heavy (non-hydrogen) atoms. The SMILES string of the molecule is C#Cc1ccc(COC(C)C)cc1.CC(C)OCC1OCc2ccccc2O1.CC(C)Oc1ccc2c(c1)=NCN=2. The second-order valence-electron chi connectivity index (χ2n) is 10.3. The molecule has 0 amide bonds. The molecule has 0 saturated heterocycles. The van der Waals surface area contributed by atoms with E-state index in [-0.39, 0.29) is 24.6 Å². The first-order valence-electron chi connectivity index (χ1n) is 14.0. The Kier molecular flexibility index (Phi) is 12.8. The Morgan fingerprint density at radius 3 is 2.24 bits per heavy atom. The zero-order valence-corrected chi connectivity index (χ0v) is 25.0. The second kappa shape index (κ2) is 16.5. The van der Waals surface area contributed by atoms with Crippen LogP contribution in [0.3, 0.4) is 0 Å². The number of ether oxygens (including phenoxy) is 5. The van der Waals surface area contributed by atoms with Crippen molar-refractivity contribution in [3.63, 3.8) is 0 Å². The molecule has 0 aliphatic carbocycles. The lowest BCUT2D eigenvalue weighted by molar-refractivity contribution is -0.150. The van der Waals surface area contributed by atoms with E-state index in [9.17, 15) is 0 Å². The third-order valence-electron chi connectivity index (χ3n) is 5.73. The van der Waals surface area contributed by atoms with Gasteiger partial charge in [0.15, 0.2) is 0 Å². The van der Waals surface area contributed by atoms with Gasteiger partial charge in [0.1, 0.15) is 24.8 Å². The number of fused-ring (bicyclic) bond motifs is 2. The van der Waals surface area contributed by atoms with Crippen molar-refractivity contribution in [1.82, 2.24) is 0 Å². The summed E-state index contributed by atoms with van der Waals surface area (Å²) in [7, 11) is 0. The van der Waals surface area contributed by atoms with Crippen LogP contribution in [0.5, 0.6) is 11.5 Å². The highest BCUT2D eigenvalue weighted by molar-refractivity contribution is 5.34. The summed E-state index contributed by atoms with van der Waals surface area (Å²) < 4.78 is 27.6. The average Bonchev–Trinajstić information content (AvgIpc) is 3.43. The lowest BCUT2D eigenvalue weighted by Gasteiger charge is -2.26. The summed E-state index contributed by atoms with van der Waals surface area (Å²) in [5.41, 5.74) is 3.17. The van der Waals surface area contributed by atoms with Gasteiger partial charge >= 0.3 is 0 Å². The normalized spacial score (nSPS) is 14.7. The van der Waals surface area contributed by atoms with Gasteiger partial charge in [-0.05, 0) is 77.4 Å². The van der Waals surface area contributed by atoms with Crippen LogP contribution in [0, 0.1) is 12.3 Å². The molecule has 0 aromatic heterocycles. The van der Waals surface area contributed by atoms with E-state index in [0.29, 0.717) is 26.5 Å². The number of nitrogens with zero attached hydrogens (tertiary/aromatic N) is 2. The molecular weight excluding hydrogens is 516 g/mol. The molecule has 0 fully saturated rings. The molecule has 1 atom stereocenters. The molecule has 7 heteroatoms. The molecule has 3 aromatic carbocycles. The van der Waals surface area contributed by atoms with Gasteiger partial charge < -0.3 is 23.7 Å². The summed E-state index contributed by atoms with van der Waals surface area (Å²) >= 11 is 0. The molecule has 7 nitrogen and oxygen atoms in total. The Bertz CT molecular complexity index is 1380. The highest BCUT2D eigenvalue weighted by Crippen LogP contribution is 2.25. The molecule has 5 rings (SSSR count). The molecule has 0 N–H and O–H groups in total. The summed E-state index contributed by atoms with van der Waals surface area (Å²) in [5, 5.41) is 1.91. The van der Waals surface area contributed by atoms with Crippen LogP contribution in [0.4, 0.5) is 0 Å². The Morgan fingerprint density at radius 1 is 0.854 bits per heavy atom. The van der Waals surface area contributed by atoms with E-state index in [1.165, 1.54) is 0 Å².